The van der Waals surface area contributed by atoms with E-state index in [0.717, 1.165) is 38.6 Å². The summed E-state index contributed by atoms with van der Waals surface area (Å²) in [7, 11) is 1.25. The Morgan fingerprint density at radius 1 is 0.955 bits per heavy atom. The van der Waals surface area contributed by atoms with E-state index in [1.165, 1.54) is 7.11 Å². The van der Waals surface area contributed by atoms with Crippen LogP contribution in [0.15, 0.2) is 18.0 Å². The van der Waals surface area contributed by atoms with Crippen LogP contribution in [0.5, 0.6) is 0 Å². The zero-order valence-electron chi connectivity index (χ0n) is 25.7. The molecule has 3 aliphatic rings. The molecule has 0 radical (unpaired) electrons. The number of carbonyl (C=O) groups excluding carboxylic acids is 2. The van der Waals surface area contributed by atoms with Gasteiger partial charge in [0.2, 0.25) is 0 Å². The fourth-order valence-electron chi connectivity index (χ4n) is 6.56. The predicted molar refractivity (Wildman–Crippen MR) is 168 cm³/mol. The number of Topliss-reactive ketones (excluding diaryl/α,β-unsaturated/α-hetero) is 1. The average Bonchev–Trinajstić information content (AvgIpc) is 3.70. The number of aromatic nitrogens is 3. The van der Waals surface area contributed by atoms with Crippen molar-refractivity contribution in [2.45, 2.75) is 47.5 Å². The first-order valence-corrected chi connectivity index (χ1v) is 14.3. The van der Waals surface area contributed by atoms with Crippen LogP contribution in [-0.2, 0) is 14.3 Å². The fraction of sp³-hybridized carbons (Fsp3) is 0.324. The zero-order chi connectivity index (χ0) is 30.9. The third kappa shape index (κ3) is 4.71. The maximum absolute atomic E-state index is 13.9. The Bertz CT molecular complexity index is 1950. The molecule has 10 heteroatoms. The van der Waals surface area contributed by atoms with Crippen molar-refractivity contribution in [3.05, 3.63) is 90.1 Å². The molecular formula is C34H32MgN4O5-2. The average molecular weight is 601 g/mol. The Balaban J connectivity index is 0.00000384. The molecule has 2 aliphatic heterocycles. The Kier molecular flexibility index (Phi) is 8.19. The summed E-state index contributed by atoms with van der Waals surface area (Å²) in [6.45, 7) is 13.8. The van der Waals surface area contributed by atoms with Gasteiger partial charge in [-0.1, -0.05) is 65.6 Å². The summed E-state index contributed by atoms with van der Waals surface area (Å²) in [6, 6.07) is 0. The molecule has 0 amide bonds. The van der Waals surface area contributed by atoms with E-state index in [1.54, 1.807) is 6.08 Å². The molecule has 1 aliphatic carbocycles. The number of rotatable bonds is 5. The number of nitrogens with zero attached hydrogens (tertiary/aromatic N) is 4. The molecule has 0 unspecified atom stereocenters. The van der Waals surface area contributed by atoms with Crippen LogP contribution in [0.4, 0.5) is 0 Å². The molecule has 8 bridgehead atoms. The van der Waals surface area contributed by atoms with Gasteiger partial charge in [0.05, 0.1) is 7.11 Å². The molecular weight excluding hydrogens is 569 g/mol. The topological polar surface area (TPSA) is 137 Å². The molecule has 44 heavy (non-hydrogen) atoms. The van der Waals surface area contributed by atoms with Crippen molar-refractivity contribution in [3.8, 4) is 0 Å². The summed E-state index contributed by atoms with van der Waals surface area (Å²) in [5, 5.41) is 16.1. The largest absolute Gasteiger partial charge is 2.00 e. The van der Waals surface area contributed by atoms with Gasteiger partial charge in [0, 0.05) is 12.0 Å². The number of methoxy groups -OCH3 is 1. The first-order chi connectivity index (χ1) is 20.5. The number of esters is 1. The molecule has 3 atom stereocenters. The third-order valence-electron chi connectivity index (χ3n) is 9.25. The normalized spacial score (nSPS) is 24.3. The Morgan fingerprint density at radius 2 is 1.59 bits per heavy atom. The summed E-state index contributed by atoms with van der Waals surface area (Å²) in [6.07, 6.45) is 7.70. The van der Waals surface area contributed by atoms with Crippen LogP contribution in [0.1, 0.15) is 80.7 Å². The van der Waals surface area contributed by atoms with Gasteiger partial charge in [-0.3, -0.25) is 14.4 Å². The first kappa shape index (κ1) is 31.4. The molecule has 3 aromatic rings. The molecule has 1 saturated heterocycles. The molecule has 5 heterocycles. The van der Waals surface area contributed by atoms with E-state index < -0.39 is 23.6 Å². The number of carboxylic acids is 1. The van der Waals surface area contributed by atoms with E-state index in [-0.39, 0.29) is 47.7 Å². The van der Waals surface area contributed by atoms with Gasteiger partial charge in [-0.05, 0) is 51.5 Å². The fourth-order valence-corrected chi connectivity index (χ4v) is 6.56. The summed E-state index contributed by atoms with van der Waals surface area (Å²) >= 11 is 0. The van der Waals surface area contributed by atoms with Gasteiger partial charge in [-0.15, -0.1) is 33.5 Å². The van der Waals surface area contributed by atoms with Crippen molar-refractivity contribution in [2.75, 3.05) is 7.11 Å². The third-order valence-corrected chi connectivity index (χ3v) is 9.25. The molecule has 6 rings (SSSR count). The monoisotopic (exact) mass is 600 g/mol. The van der Waals surface area contributed by atoms with Crippen molar-refractivity contribution < 1.29 is 24.2 Å². The van der Waals surface area contributed by atoms with Crippen LogP contribution in [0.3, 0.4) is 0 Å². The smallest absolute Gasteiger partial charge is 0.664 e. The number of carboxylic acid groups (broad SMARTS) is 1. The maximum atomic E-state index is 13.9. The number of ketones is 1. The van der Waals surface area contributed by atoms with Crippen LogP contribution in [0.25, 0.3) is 35.2 Å². The van der Waals surface area contributed by atoms with Gasteiger partial charge >= 0.3 is 35.0 Å². The minimum atomic E-state index is -1.23. The van der Waals surface area contributed by atoms with Gasteiger partial charge in [0.1, 0.15) is 5.92 Å². The zero-order valence-corrected chi connectivity index (χ0v) is 27.2. The Labute approximate surface area is 271 Å². The number of hydrogen-bond donors (Lipinski definition) is 1. The molecule has 1 fully saturated rings. The first-order valence-electron chi connectivity index (χ1n) is 14.3. The molecule has 222 valence electrons. The van der Waals surface area contributed by atoms with E-state index in [9.17, 15) is 19.5 Å². The number of hydrogen-bond acceptors (Lipinski definition) is 4. The van der Waals surface area contributed by atoms with Gasteiger partial charge in [0.15, 0.2) is 5.78 Å². The van der Waals surface area contributed by atoms with Crippen molar-refractivity contribution >= 4 is 70.7 Å². The molecule has 3 aromatic heterocycles. The second-order valence-electron chi connectivity index (χ2n) is 11.5. The summed E-state index contributed by atoms with van der Waals surface area (Å²) in [5.74, 6) is -3.83. The van der Waals surface area contributed by atoms with Crippen LogP contribution in [0.2, 0.25) is 0 Å². The molecule has 9 nitrogen and oxygen atoms in total. The van der Waals surface area contributed by atoms with Gasteiger partial charge < -0.3 is 30.1 Å². The van der Waals surface area contributed by atoms with Crippen LogP contribution >= 0.6 is 0 Å². The second-order valence-corrected chi connectivity index (χ2v) is 11.5. The molecule has 1 N–H and O–H groups in total. The van der Waals surface area contributed by atoms with Crippen molar-refractivity contribution in [1.82, 2.24) is 15.0 Å². The molecule has 0 aromatic carbocycles. The Hall–Kier alpha value is -4.02. The second kappa shape index (κ2) is 11.5. The van der Waals surface area contributed by atoms with Crippen LogP contribution in [0, 0.1) is 45.4 Å². The van der Waals surface area contributed by atoms with Crippen molar-refractivity contribution in [3.63, 3.8) is 0 Å². The van der Waals surface area contributed by atoms with Crippen LogP contribution < -0.4 is 25.7 Å². The van der Waals surface area contributed by atoms with E-state index in [0.29, 0.717) is 45.2 Å². The summed E-state index contributed by atoms with van der Waals surface area (Å²) < 4.78 is 5.10. The van der Waals surface area contributed by atoms with E-state index in [4.69, 9.17) is 25.0 Å². The summed E-state index contributed by atoms with van der Waals surface area (Å²) in [5.41, 5.74) is 8.85. The van der Waals surface area contributed by atoms with E-state index >= 15 is 0 Å². The SMILES string of the molecule is C=Cc1c2[n-]c(c1C)/C=C1\[N-]/C(=C3\c4[n-]c(c(C)c4C(=O)[C@@H]3C(=O)OC)/C=c3\[n-]/c(c(C)c3C)=C\2)[C@@H](CCC(=O)O)[C@@H]1C.[Mg+2]. The minimum absolute atomic E-state index is 0. The maximum Gasteiger partial charge on any atom is 2.00 e. The minimum Gasteiger partial charge on any atom is -0.664 e. The van der Waals surface area contributed by atoms with Crippen molar-refractivity contribution in [2.24, 2.45) is 17.8 Å². The van der Waals surface area contributed by atoms with Gasteiger partial charge in [-0.25, -0.2) is 0 Å². The number of allylic oxidation sites excluding steroid dienone is 2. The molecule has 0 spiro atoms. The van der Waals surface area contributed by atoms with Crippen LogP contribution in [-0.4, -0.2) is 53.0 Å². The Morgan fingerprint density at radius 3 is 2.20 bits per heavy atom. The van der Waals surface area contributed by atoms with E-state index in [2.05, 4.69) is 6.58 Å². The predicted octanol–water partition coefficient (Wildman–Crippen LogP) is 3.27. The number of fused-ring (bicyclic) bond motifs is 7. The number of aliphatic carboxylic acids is 1. The molecule has 0 saturated carbocycles. The standard InChI is InChI=1S/C34H34N4O5.Mg/c1-8-19-16(4)23-12-24-17(5)20(9-10-27(39)40)31(37-24)29-30(34(42)43-7)33(41)28-18(6)25(38-32(28)29)11-21-14(2)15(3)22(35-21)13-26(19)36-23;/h8,11-13,17,20,30H,1,9-10H2,2-7H3,(H3,37,38,39,40,41);/q-2;+2/p-2/b21-11-,22-13-,24-12-;/t17-,20-,30+;/m0./s1. The number of ether oxygens (including phenoxy) is 1. The van der Waals surface area contributed by atoms with Gasteiger partial charge in [0.25, 0.3) is 0 Å². The number of carbonyl (C=O) groups is 3. The van der Waals surface area contributed by atoms with Crippen molar-refractivity contribution in [1.29, 1.82) is 0 Å². The van der Waals surface area contributed by atoms with E-state index in [1.807, 2.05) is 52.8 Å². The quantitative estimate of drug-likeness (QED) is 0.268. The van der Waals surface area contributed by atoms with Gasteiger partial charge in [-0.2, -0.15) is 11.4 Å². The summed E-state index contributed by atoms with van der Waals surface area (Å²) in [4.78, 5) is 53.5.